The number of nitrogens with one attached hydrogen (secondary N) is 2. The van der Waals surface area contributed by atoms with Crippen LogP contribution in [0.2, 0.25) is 0 Å². The van der Waals surface area contributed by atoms with Crippen LogP contribution < -0.4 is 10.6 Å². The first-order valence-corrected chi connectivity index (χ1v) is 7.98. The zero-order valence-electron chi connectivity index (χ0n) is 13.7. The van der Waals surface area contributed by atoms with E-state index in [1.807, 2.05) is 13.8 Å². The van der Waals surface area contributed by atoms with E-state index in [1.54, 1.807) is 23.0 Å². The van der Waals surface area contributed by atoms with E-state index in [0.29, 0.717) is 13.0 Å². The van der Waals surface area contributed by atoms with Gasteiger partial charge in [-0.25, -0.2) is 9.07 Å². The number of benzene rings is 1. The van der Waals surface area contributed by atoms with Crippen LogP contribution in [-0.2, 0) is 4.79 Å². The van der Waals surface area contributed by atoms with Gasteiger partial charge in [0.25, 0.3) is 0 Å². The fourth-order valence-corrected chi connectivity index (χ4v) is 3.00. The summed E-state index contributed by atoms with van der Waals surface area (Å²) < 4.78 is 14.8. The highest BCUT2D eigenvalue weighted by Gasteiger charge is 2.29. The third-order valence-corrected chi connectivity index (χ3v) is 4.37. The second-order valence-electron chi connectivity index (χ2n) is 6.15. The van der Waals surface area contributed by atoms with Crippen LogP contribution in [0.1, 0.15) is 30.6 Å². The van der Waals surface area contributed by atoms with Crippen molar-refractivity contribution in [2.75, 3.05) is 6.54 Å². The lowest BCUT2D eigenvalue weighted by molar-refractivity contribution is -0.123. The van der Waals surface area contributed by atoms with Crippen molar-refractivity contribution in [2.45, 2.75) is 38.5 Å². The molecule has 1 aliphatic rings. The molecule has 128 valence electrons. The Morgan fingerprint density at radius 2 is 2.17 bits per heavy atom. The van der Waals surface area contributed by atoms with Crippen molar-refractivity contribution in [1.29, 1.82) is 0 Å². The molecule has 24 heavy (non-hydrogen) atoms. The maximum absolute atomic E-state index is 13.1. The number of hydrogen-bond donors (Lipinski definition) is 3. The van der Waals surface area contributed by atoms with Gasteiger partial charge < -0.3 is 15.7 Å². The number of aliphatic hydroxyl groups is 1. The number of hydrogen-bond acceptors (Lipinski definition) is 4. The van der Waals surface area contributed by atoms with Crippen molar-refractivity contribution in [2.24, 2.45) is 0 Å². The van der Waals surface area contributed by atoms with Crippen molar-refractivity contribution in [3.63, 3.8) is 0 Å². The lowest BCUT2D eigenvalue weighted by Crippen LogP contribution is -2.41. The summed E-state index contributed by atoms with van der Waals surface area (Å²) in [6.07, 6.45) is 1.66. The van der Waals surface area contributed by atoms with Crippen molar-refractivity contribution < 1.29 is 14.3 Å². The van der Waals surface area contributed by atoms with E-state index >= 15 is 0 Å². The summed E-state index contributed by atoms with van der Waals surface area (Å²) in [4.78, 5) is 12.2. The fraction of sp³-hybridized carbons (Fsp3) is 0.412. The van der Waals surface area contributed by atoms with Crippen molar-refractivity contribution in [3.8, 4) is 5.69 Å². The largest absolute Gasteiger partial charge is 0.392 e. The predicted octanol–water partition coefficient (Wildman–Crippen LogP) is 1.22. The number of amides is 1. The summed E-state index contributed by atoms with van der Waals surface area (Å²) in [6.45, 7) is 4.24. The van der Waals surface area contributed by atoms with Gasteiger partial charge in [-0.2, -0.15) is 5.10 Å². The van der Waals surface area contributed by atoms with Crippen LogP contribution in [0.4, 0.5) is 4.39 Å². The normalized spacial score (nSPS) is 21.7. The van der Waals surface area contributed by atoms with E-state index in [0.717, 1.165) is 16.9 Å². The van der Waals surface area contributed by atoms with Gasteiger partial charge in [-0.05, 0) is 44.5 Å². The fourth-order valence-electron chi connectivity index (χ4n) is 3.00. The van der Waals surface area contributed by atoms with Crippen LogP contribution in [0.5, 0.6) is 0 Å². The quantitative estimate of drug-likeness (QED) is 0.787. The summed E-state index contributed by atoms with van der Waals surface area (Å²) in [6, 6.07) is 5.51. The molecule has 0 unspecified atom stereocenters. The average molecular weight is 332 g/mol. The van der Waals surface area contributed by atoms with Crippen LogP contribution in [0.15, 0.2) is 30.5 Å². The number of aliphatic hydroxyl groups excluding tert-OH is 1. The molecule has 1 amide bonds. The molecule has 1 aromatic carbocycles. The highest BCUT2D eigenvalue weighted by Crippen LogP contribution is 2.21. The van der Waals surface area contributed by atoms with Crippen LogP contribution >= 0.6 is 0 Å². The molecular formula is C17H21FN4O2. The Morgan fingerprint density at radius 1 is 1.46 bits per heavy atom. The van der Waals surface area contributed by atoms with E-state index < -0.39 is 6.10 Å². The lowest BCUT2D eigenvalue weighted by Gasteiger charge is -2.17. The summed E-state index contributed by atoms with van der Waals surface area (Å²) in [5.74, 6) is -0.427. The van der Waals surface area contributed by atoms with Gasteiger partial charge in [-0.3, -0.25) is 4.79 Å². The zero-order valence-corrected chi connectivity index (χ0v) is 13.7. The van der Waals surface area contributed by atoms with Gasteiger partial charge in [0.1, 0.15) is 5.82 Å². The maximum Gasteiger partial charge on any atom is 0.237 e. The number of carbonyl (C=O) groups is 1. The summed E-state index contributed by atoms with van der Waals surface area (Å²) in [5, 5.41) is 19.8. The highest BCUT2D eigenvalue weighted by molar-refractivity contribution is 5.82. The van der Waals surface area contributed by atoms with Gasteiger partial charge in [-0.1, -0.05) is 0 Å². The molecular weight excluding hydrogens is 311 g/mol. The Balaban J connectivity index is 1.73. The first kappa shape index (κ1) is 16.6. The molecule has 0 spiro atoms. The van der Waals surface area contributed by atoms with Crippen LogP contribution in [0.3, 0.4) is 0 Å². The number of rotatable bonds is 4. The van der Waals surface area contributed by atoms with E-state index in [2.05, 4.69) is 15.7 Å². The van der Waals surface area contributed by atoms with E-state index in [-0.39, 0.29) is 23.8 Å². The Labute approximate surface area is 139 Å². The second-order valence-corrected chi connectivity index (χ2v) is 6.15. The highest BCUT2D eigenvalue weighted by atomic mass is 19.1. The van der Waals surface area contributed by atoms with Crippen LogP contribution in [0.25, 0.3) is 5.69 Å². The standard InChI is InChI=1S/C17H21FN4O2/c1-10(21-17(24)16-7-14(23)8-19-16)15-9-20-22(11(15)2)13-5-3-12(18)4-6-13/h3-6,9-10,14,16,19,23H,7-8H2,1-2H3,(H,21,24)/t10-,14+,16-/m0/s1. The van der Waals surface area contributed by atoms with Gasteiger partial charge in [0.15, 0.2) is 0 Å². The van der Waals surface area contributed by atoms with Gasteiger partial charge in [0, 0.05) is 17.8 Å². The third-order valence-electron chi connectivity index (χ3n) is 4.37. The van der Waals surface area contributed by atoms with Crippen molar-refractivity contribution in [3.05, 3.63) is 47.5 Å². The number of nitrogens with zero attached hydrogens (tertiary/aromatic N) is 2. The molecule has 2 heterocycles. The SMILES string of the molecule is Cc1c([C@H](C)NC(=O)[C@@H]2C[C@@H](O)CN2)cnn1-c1ccc(F)cc1. The second kappa shape index (κ2) is 6.70. The molecule has 0 aliphatic carbocycles. The monoisotopic (exact) mass is 332 g/mol. The molecule has 3 rings (SSSR count). The number of carbonyl (C=O) groups excluding carboxylic acids is 1. The Kier molecular flexibility index (Phi) is 4.64. The predicted molar refractivity (Wildman–Crippen MR) is 87.2 cm³/mol. The molecule has 3 atom stereocenters. The topological polar surface area (TPSA) is 79.2 Å². The molecule has 1 saturated heterocycles. The smallest absolute Gasteiger partial charge is 0.237 e. The minimum Gasteiger partial charge on any atom is -0.392 e. The van der Waals surface area contributed by atoms with Crippen LogP contribution in [0, 0.1) is 12.7 Å². The minimum absolute atomic E-state index is 0.131. The first-order chi connectivity index (χ1) is 11.5. The molecule has 3 N–H and O–H groups in total. The third kappa shape index (κ3) is 3.32. The molecule has 2 aromatic rings. The van der Waals surface area contributed by atoms with E-state index in [1.165, 1.54) is 12.1 Å². The Bertz CT molecular complexity index is 729. The summed E-state index contributed by atoms with van der Waals surface area (Å²) >= 11 is 0. The number of halogens is 1. The number of β-amino-alcohol motifs (C(OH)–C–C–N with tert-alkyl or cyclic N) is 1. The molecule has 0 saturated carbocycles. The van der Waals surface area contributed by atoms with Gasteiger partial charge >= 0.3 is 0 Å². The molecule has 1 aromatic heterocycles. The Morgan fingerprint density at radius 3 is 2.79 bits per heavy atom. The zero-order chi connectivity index (χ0) is 17.3. The first-order valence-electron chi connectivity index (χ1n) is 7.98. The minimum atomic E-state index is -0.473. The molecule has 0 bridgehead atoms. The van der Waals surface area contributed by atoms with Crippen molar-refractivity contribution >= 4 is 5.91 Å². The van der Waals surface area contributed by atoms with Crippen LogP contribution in [-0.4, -0.2) is 39.5 Å². The van der Waals surface area contributed by atoms with Gasteiger partial charge in [0.2, 0.25) is 5.91 Å². The van der Waals surface area contributed by atoms with Gasteiger partial charge in [-0.15, -0.1) is 0 Å². The van der Waals surface area contributed by atoms with Crippen molar-refractivity contribution in [1.82, 2.24) is 20.4 Å². The maximum atomic E-state index is 13.1. The Hall–Kier alpha value is -2.25. The molecule has 1 fully saturated rings. The molecule has 1 aliphatic heterocycles. The summed E-state index contributed by atoms with van der Waals surface area (Å²) in [5.41, 5.74) is 2.54. The van der Waals surface area contributed by atoms with Gasteiger partial charge in [0.05, 0.1) is 30.1 Å². The molecule has 6 nitrogen and oxygen atoms in total. The number of aromatic nitrogens is 2. The lowest BCUT2D eigenvalue weighted by atomic mass is 10.1. The summed E-state index contributed by atoms with van der Waals surface area (Å²) in [7, 11) is 0. The molecule has 0 radical (unpaired) electrons. The molecule has 7 heteroatoms. The van der Waals surface area contributed by atoms with E-state index in [9.17, 15) is 14.3 Å². The van der Waals surface area contributed by atoms with E-state index in [4.69, 9.17) is 0 Å². The average Bonchev–Trinajstić information content (AvgIpc) is 3.14.